The van der Waals surface area contributed by atoms with Crippen LogP contribution in [0.4, 0.5) is 5.69 Å². The van der Waals surface area contributed by atoms with Crippen molar-refractivity contribution in [3.8, 4) is 5.75 Å². The van der Waals surface area contributed by atoms with Crippen LogP contribution in [-0.4, -0.2) is 39.2 Å². The van der Waals surface area contributed by atoms with Gasteiger partial charge in [0.15, 0.2) is 0 Å². The van der Waals surface area contributed by atoms with Gasteiger partial charge in [-0.05, 0) is 24.1 Å². The largest absolute Gasteiger partial charge is 0.506 e. The Labute approximate surface area is 116 Å². The smallest absolute Gasteiger partial charge is 0.326 e. The summed E-state index contributed by atoms with van der Waals surface area (Å²) in [5.41, 5.74) is 1.01. The molecular weight excluding hydrogens is 284 g/mol. The maximum absolute atomic E-state index is 11.8. The minimum Gasteiger partial charge on any atom is -0.506 e. The van der Waals surface area contributed by atoms with E-state index < -0.39 is 16.1 Å². The van der Waals surface area contributed by atoms with Crippen LogP contribution >= 0.6 is 0 Å². The molecule has 0 saturated carbocycles. The lowest BCUT2D eigenvalue weighted by molar-refractivity contribution is -0.117. The quantitative estimate of drug-likeness (QED) is 0.806. The minimum atomic E-state index is -3.91. The first kappa shape index (κ1) is 13.2. The van der Waals surface area contributed by atoms with Crippen molar-refractivity contribution >= 4 is 21.8 Å². The van der Waals surface area contributed by atoms with E-state index in [4.69, 9.17) is 4.74 Å². The lowest BCUT2D eigenvalue weighted by Gasteiger charge is -2.18. The molecule has 1 aromatic carbocycles. The highest BCUT2D eigenvalue weighted by atomic mass is 32.2. The van der Waals surface area contributed by atoms with Crippen LogP contribution in [0.1, 0.15) is 17.9 Å². The summed E-state index contributed by atoms with van der Waals surface area (Å²) in [7, 11) is -3.91. The van der Waals surface area contributed by atoms with E-state index in [1.165, 1.54) is 6.07 Å². The van der Waals surface area contributed by atoms with Crippen LogP contribution in [0.3, 0.4) is 0 Å². The van der Waals surface area contributed by atoms with Gasteiger partial charge >= 0.3 is 10.2 Å². The Hall–Kier alpha value is -1.80. The highest BCUT2D eigenvalue weighted by Gasteiger charge is 2.35. The highest BCUT2D eigenvalue weighted by molar-refractivity contribution is 7.92. The molecule has 0 radical (unpaired) electrons. The zero-order valence-corrected chi connectivity index (χ0v) is 11.4. The van der Waals surface area contributed by atoms with E-state index >= 15 is 0 Å². The summed E-state index contributed by atoms with van der Waals surface area (Å²) in [4.78, 5) is 11.3. The second-order valence-electron chi connectivity index (χ2n) is 4.85. The van der Waals surface area contributed by atoms with Crippen molar-refractivity contribution in [2.45, 2.75) is 12.3 Å². The van der Waals surface area contributed by atoms with Crippen molar-refractivity contribution < 1.29 is 23.1 Å². The predicted molar refractivity (Wildman–Crippen MR) is 70.7 cm³/mol. The Morgan fingerprint density at radius 1 is 1.40 bits per heavy atom. The number of phenols is 1. The summed E-state index contributed by atoms with van der Waals surface area (Å²) in [6, 6.07) is 4.80. The van der Waals surface area contributed by atoms with Gasteiger partial charge in [0.2, 0.25) is 0 Å². The Bertz CT molecular complexity index is 652. The number of benzene rings is 1. The molecule has 7 nitrogen and oxygen atoms in total. The first-order valence-corrected chi connectivity index (χ1v) is 7.65. The number of carbonyl (C=O) groups excluding carboxylic acids is 1. The minimum absolute atomic E-state index is 0.118. The molecule has 20 heavy (non-hydrogen) atoms. The fourth-order valence-corrected chi connectivity index (χ4v) is 3.61. The molecule has 1 amide bonds. The summed E-state index contributed by atoms with van der Waals surface area (Å²) in [5.74, 6) is -0.602. The van der Waals surface area contributed by atoms with Crippen LogP contribution in [-0.2, 0) is 19.7 Å². The molecule has 2 aliphatic heterocycles. The Morgan fingerprint density at radius 2 is 2.20 bits per heavy atom. The van der Waals surface area contributed by atoms with Crippen LogP contribution in [0, 0.1) is 0 Å². The monoisotopic (exact) mass is 298 g/mol. The Kier molecular flexibility index (Phi) is 3.06. The first-order chi connectivity index (χ1) is 9.47. The zero-order chi connectivity index (χ0) is 14.3. The molecule has 0 bridgehead atoms. The van der Waals surface area contributed by atoms with Gasteiger partial charge in [0.25, 0.3) is 5.91 Å². The number of ether oxygens (including phenoxy) is 1. The van der Waals surface area contributed by atoms with E-state index in [9.17, 15) is 18.3 Å². The predicted octanol–water partition coefficient (Wildman–Crippen LogP) is 0.0771. The normalized spacial score (nSPS) is 24.9. The number of nitrogens with zero attached hydrogens (tertiary/aromatic N) is 1. The van der Waals surface area contributed by atoms with Crippen molar-refractivity contribution in [1.29, 1.82) is 0 Å². The van der Waals surface area contributed by atoms with Gasteiger partial charge in [-0.15, -0.1) is 0 Å². The van der Waals surface area contributed by atoms with Crippen molar-refractivity contribution in [2.75, 3.05) is 24.1 Å². The van der Waals surface area contributed by atoms with Gasteiger partial charge in [0, 0.05) is 12.5 Å². The summed E-state index contributed by atoms with van der Waals surface area (Å²) in [5, 5.41) is 9.88. The number of rotatable bonds is 2. The molecule has 0 spiro atoms. The highest BCUT2D eigenvalue weighted by Crippen LogP contribution is 2.35. The van der Waals surface area contributed by atoms with Gasteiger partial charge < -0.3 is 9.84 Å². The summed E-state index contributed by atoms with van der Waals surface area (Å²) in [6.45, 7) is 0.928. The van der Waals surface area contributed by atoms with Crippen LogP contribution in [0.15, 0.2) is 18.2 Å². The van der Waals surface area contributed by atoms with Crippen LogP contribution in [0.5, 0.6) is 5.75 Å². The number of hydrogen-bond acceptors (Lipinski definition) is 5. The molecule has 2 aliphatic rings. The van der Waals surface area contributed by atoms with Gasteiger partial charge in [-0.2, -0.15) is 8.42 Å². The molecule has 1 atom stereocenters. The topological polar surface area (TPSA) is 95.9 Å². The molecule has 1 unspecified atom stereocenters. The SMILES string of the molecule is O=C1CN(c2cc(C3CCOC3)ccc2O)S(=O)(=O)N1. The summed E-state index contributed by atoms with van der Waals surface area (Å²) >= 11 is 0. The van der Waals surface area contributed by atoms with E-state index in [1.807, 2.05) is 4.72 Å². The molecule has 0 aliphatic carbocycles. The standard InChI is InChI=1S/C12H14N2O5S/c15-11-2-1-8(9-3-4-19-7-9)5-10(11)14-6-12(16)13-20(14,17)18/h1-2,5,9,15H,3-4,6-7H2,(H,13,16). The Morgan fingerprint density at radius 3 is 2.80 bits per heavy atom. The van der Waals surface area contributed by atoms with Gasteiger partial charge in [-0.25, -0.2) is 9.03 Å². The first-order valence-electron chi connectivity index (χ1n) is 6.21. The third kappa shape index (κ3) is 2.20. The van der Waals surface area contributed by atoms with Gasteiger partial charge in [0.05, 0.1) is 12.3 Å². The van der Waals surface area contributed by atoms with Crippen LogP contribution in [0.25, 0.3) is 0 Å². The number of hydrogen-bond donors (Lipinski definition) is 2. The van der Waals surface area contributed by atoms with Crippen molar-refractivity contribution in [3.05, 3.63) is 23.8 Å². The van der Waals surface area contributed by atoms with Crippen molar-refractivity contribution in [1.82, 2.24) is 4.72 Å². The molecule has 2 N–H and O–H groups in total. The Balaban J connectivity index is 2.00. The van der Waals surface area contributed by atoms with Crippen molar-refractivity contribution in [3.63, 3.8) is 0 Å². The van der Waals surface area contributed by atoms with E-state index in [-0.39, 0.29) is 23.9 Å². The molecular formula is C12H14N2O5S. The average molecular weight is 298 g/mol. The fraction of sp³-hybridized carbons (Fsp3) is 0.417. The van der Waals surface area contributed by atoms with E-state index in [1.54, 1.807) is 12.1 Å². The maximum atomic E-state index is 11.8. The number of nitrogens with one attached hydrogen (secondary N) is 1. The number of carbonyl (C=O) groups is 1. The third-order valence-electron chi connectivity index (χ3n) is 3.49. The van der Waals surface area contributed by atoms with Gasteiger partial charge in [-0.1, -0.05) is 6.07 Å². The van der Waals surface area contributed by atoms with E-state index in [0.717, 1.165) is 16.3 Å². The van der Waals surface area contributed by atoms with Gasteiger partial charge in [-0.3, -0.25) is 4.79 Å². The molecule has 8 heteroatoms. The number of phenolic OH excluding ortho intramolecular Hbond substituents is 1. The molecule has 0 aromatic heterocycles. The fourth-order valence-electron chi connectivity index (χ4n) is 2.45. The average Bonchev–Trinajstić information content (AvgIpc) is 2.98. The number of amides is 1. The van der Waals surface area contributed by atoms with Crippen LogP contribution in [0.2, 0.25) is 0 Å². The van der Waals surface area contributed by atoms with Gasteiger partial charge in [0.1, 0.15) is 12.3 Å². The third-order valence-corrected chi connectivity index (χ3v) is 4.88. The van der Waals surface area contributed by atoms with Crippen LogP contribution < -0.4 is 9.03 Å². The van der Waals surface area contributed by atoms with E-state index in [0.29, 0.717) is 13.2 Å². The molecule has 108 valence electrons. The molecule has 2 fully saturated rings. The molecule has 2 heterocycles. The molecule has 1 aromatic rings. The van der Waals surface area contributed by atoms with Crippen molar-refractivity contribution in [2.24, 2.45) is 0 Å². The second kappa shape index (κ2) is 4.64. The zero-order valence-electron chi connectivity index (χ0n) is 10.6. The lowest BCUT2D eigenvalue weighted by Crippen LogP contribution is -2.29. The summed E-state index contributed by atoms with van der Waals surface area (Å²) in [6.07, 6.45) is 0.855. The summed E-state index contributed by atoms with van der Waals surface area (Å²) < 4.78 is 31.7. The second-order valence-corrected chi connectivity index (χ2v) is 6.44. The number of aromatic hydroxyl groups is 1. The lowest BCUT2D eigenvalue weighted by atomic mass is 9.98. The van der Waals surface area contributed by atoms with E-state index in [2.05, 4.69) is 0 Å². The maximum Gasteiger partial charge on any atom is 0.326 e. The molecule has 2 saturated heterocycles. The molecule has 3 rings (SSSR count). The number of anilines is 1.